The zero-order valence-corrected chi connectivity index (χ0v) is 14.5. The van der Waals surface area contributed by atoms with Gasteiger partial charge in [0, 0.05) is 6.54 Å². The molecule has 1 N–H and O–H groups in total. The fourth-order valence-electron chi connectivity index (χ4n) is 3.02. The molecule has 3 rings (SSSR count). The number of benzene rings is 2. The summed E-state index contributed by atoms with van der Waals surface area (Å²) in [4.78, 5) is 12.1. The van der Waals surface area contributed by atoms with Crippen LogP contribution in [0.2, 0.25) is 0 Å². The number of nitrogens with one attached hydrogen (secondary N) is 1. The van der Waals surface area contributed by atoms with Crippen LogP contribution < -0.4 is 5.32 Å². The molecule has 0 saturated carbocycles. The molecule has 1 unspecified atom stereocenters. The first kappa shape index (κ1) is 16.7. The quantitative estimate of drug-likeness (QED) is 0.928. The van der Waals surface area contributed by atoms with Crippen molar-refractivity contribution < 1.29 is 13.2 Å². The van der Waals surface area contributed by atoms with Crippen LogP contribution >= 0.6 is 0 Å². The van der Waals surface area contributed by atoms with E-state index in [1.165, 1.54) is 5.56 Å². The maximum absolute atomic E-state index is 12.1. The van der Waals surface area contributed by atoms with Crippen LogP contribution in [0.1, 0.15) is 17.5 Å². The van der Waals surface area contributed by atoms with Crippen molar-refractivity contribution in [3.05, 3.63) is 59.7 Å². The zero-order chi connectivity index (χ0) is 17.2. The average Bonchev–Trinajstić information content (AvgIpc) is 2.93. The lowest BCUT2D eigenvalue weighted by molar-refractivity contribution is -0.124. The van der Waals surface area contributed by atoms with Gasteiger partial charge < -0.3 is 5.32 Å². The summed E-state index contributed by atoms with van der Waals surface area (Å²) in [5, 5.41) is 2.87. The van der Waals surface area contributed by atoms with E-state index in [1.807, 2.05) is 24.3 Å². The van der Waals surface area contributed by atoms with Crippen LogP contribution in [0.4, 0.5) is 0 Å². The molecular formula is C19H21NO3S. The van der Waals surface area contributed by atoms with Gasteiger partial charge in [0.05, 0.1) is 17.4 Å². The molecule has 0 radical (unpaired) electrons. The van der Waals surface area contributed by atoms with Gasteiger partial charge in [-0.2, -0.15) is 0 Å². The second-order valence-electron chi connectivity index (χ2n) is 6.39. The molecule has 24 heavy (non-hydrogen) atoms. The van der Waals surface area contributed by atoms with E-state index >= 15 is 0 Å². The third-order valence-electron chi connectivity index (χ3n) is 4.35. The fraction of sp³-hybridized carbons (Fsp3) is 0.316. The maximum Gasteiger partial charge on any atom is 0.224 e. The summed E-state index contributed by atoms with van der Waals surface area (Å²) in [5.74, 6) is -0.484. The normalized spacial score (nSPS) is 19.1. The zero-order valence-electron chi connectivity index (χ0n) is 13.7. The highest BCUT2D eigenvalue weighted by Gasteiger charge is 2.32. The molecule has 4 nitrogen and oxygen atoms in total. The number of hydrogen-bond acceptors (Lipinski definition) is 3. The second-order valence-corrected chi connectivity index (χ2v) is 8.62. The van der Waals surface area contributed by atoms with Crippen molar-refractivity contribution in [3.8, 4) is 11.1 Å². The summed E-state index contributed by atoms with van der Waals surface area (Å²) in [5.41, 5.74) is 4.45. The molecule has 1 fully saturated rings. The topological polar surface area (TPSA) is 63.2 Å². The van der Waals surface area contributed by atoms with Crippen molar-refractivity contribution in [1.82, 2.24) is 5.32 Å². The Labute approximate surface area is 142 Å². The Bertz CT molecular complexity index is 858. The largest absolute Gasteiger partial charge is 0.352 e. The van der Waals surface area contributed by atoms with Gasteiger partial charge in [0.1, 0.15) is 0 Å². The maximum atomic E-state index is 12.1. The molecule has 1 amide bonds. The molecule has 1 heterocycles. The van der Waals surface area contributed by atoms with Crippen LogP contribution in [0.5, 0.6) is 0 Å². The molecule has 1 saturated heterocycles. The van der Waals surface area contributed by atoms with Gasteiger partial charge in [-0.05, 0) is 36.1 Å². The summed E-state index contributed by atoms with van der Waals surface area (Å²) in [6.45, 7) is 2.47. The number of sulfone groups is 1. The predicted molar refractivity (Wildman–Crippen MR) is 95.2 cm³/mol. The lowest BCUT2D eigenvalue weighted by Gasteiger charge is -2.11. The van der Waals surface area contributed by atoms with Crippen molar-refractivity contribution in [2.24, 2.45) is 5.92 Å². The number of amides is 1. The third-order valence-corrected chi connectivity index (χ3v) is 6.12. The van der Waals surface area contributed by atoms with Gasteiger partial charge in [-0.25, -0.2) is 8.42 Å². The van der Waals surface area contributed by atoms with Crippen molar-refractivity contribution in [2.75, 3.05) is 11.5 Å². The van der Waals surface area contributed by atoms with E-state index in [4.69, 9.17) is 0 Å². The highest BCUT2D eigenvalue weighted by Crippen LogP contribution is 2.22. The summed E-state index contributed by atoms with van der Waals surface area (Å²) in [7, 11) is -3.03. The summed E-state index contributed by atoms with van der Waals surface area (Å²) in [6, 6.07) is 16.3. The summed E-state index contributed by atoms with van der Waals surface area (Å²) in [6.07, 6.45) is 0.428. The molecule has 0 aromatic heterocycles. The van der Waals surface area contributed by atoms with Crippen LogP contribution in [0, 0.1) is 12.8 Å². The van der Waals surface area contributed by atoms with Crippen molar-refractivity contribution in [2.45, 2.75) is 19.9 Å². The second kappa shape index (κ2) is 6.77. The Balaban J connectivity index is 1.66. The van der Waals surface area contributed by atoms with Crippen molar-refractivity contribution in [1.29, 1.82) is 0 Å². The highest BCUT2D eigenvalue weighted by molar-refractivity contribution is 7.91. The number of hydrogen-bond donors (Lipinski definition) is 1. The number of carbonyl (C=O) groups is 1. The van der Waals surface area contributed by atoms with Gasteiger partial charge >= 0.3 is 0 Å². The van der Waals surface area contributed by atoms with E-state index in [0.29, 0.717) is 13.0 Å². The minimum Gasteiger partial charge on any atom is -0.352 e. The monoisotopic (exact) mass is 343 g/mol. The van der Waals surface area contributed by atoms with E-state index in [1.54, 1.807) is 0 Å². The first-order valence-electron chi connectivity index (χ1n) is 8.07. The molecule has 2 aromatic carbocycles. The summed E-state index contributed by atoms with van der Waals surface area (Å²) < 4.78 is 22.9. The molecule has 126 valence electrons. The van der Waals surface area contributed by atoms with Gasteiger partial charge in [-0.15, -0.1) is 0 Å². The van der Waals surface area contributed by atoms with Crippen molar-refractivity contribution >= 4 is 15.7 Å². The predicted octanol–water partition coefficient (Wildman–Crippen LogP) is 2.71. The molecule has 5 heteroatoms. The molecule has 0 aliphatic carbocycles. The fourth-order valence-corrected chi connectivity index (χ4v) is 4.76. The third kappa shape index (κ3) is 4.03. The van der Waals surface area contributed by atoms with E-state index in [0.717, 1.165) is 16.7 Å². The minimum absolute atomic E-state index is 0.0256. The van der Waals surface area contributed by atoms with Crippen LogP contribution in [0.3, 0.4) is 0 Å². The molecular weight excluding hydrogens is 322 g/mol. The van der Waals surface area contributed by atoms with Crippen LogP contribution in [0.25, 0.3) is 11.1 Å². The Morgan fingerprint density at radius 2 is 1.83 bits per heavy atom. The Hall–Kier alpha value is -2.14. The van der Waals surface area contributed by atoms with Gasteiger partial charge in [0.25, 0.3) is 0 Å². The molecule has 1 aliphatic rings. The molecule has 1 aliphatic heterocycles. The molecule has 1 atom stereocenters. The number of rotatable bonds is 4. The van der Waals surface area contributed by atoms with Crippen molar-refractivity contribution in [3.63, 3.8) is 0 Å². The number of aryl methyl sites for hydroxylation is 1. The van der Waals surface area contributed by atoms with Crippen LogP contribution in [-0.2, 0) is 21.2 Å². The van der Waals surface area contributed by atoms with Gasteiger partial charge in [0.15, 0.2) is 9.84 Å². The van der Waals surface area contributed by atoms with E-state index in [2.05, 4.69) is 36.5 Å². The van der Waals surface area contributed by atoms with E-state index < -0.39 is 15.8 Å². The average molecular weight is 343 g/mol. The first-order valence-corrected chi connectivity index (χ1v) is 9.89. The van der Waals surface area contributed by atoms with E-state index in [-0.39, 0.29) is 17.4 Å². The van der Waals surface area contributed by atoms with Crippen LogP contribution in [-0.4, -0.2) is 25.8 Å². The lowest BCUT2D eigenvalue weighted by atomic mass is 10.0. The lowest BCUT2D eigenvalue weighted by Crippen LogP contribution is -2.30. The van der Waals surface area contributed by atoms with Gasteiger partial charge in [-0.1, -0.05) is 48.0 Å². The first-order chi connectivity index (χ1) is 11.4. The Kier molecular flexibility index (Phi) is 4.71. The van der Waals surface area contributed by atoms with Crippen LogP contribution in [0.15, 0.2) is 48.5 Å². The standard InChI is InChI=1S/C19H21NO3S/c1-14-4-2-6-16(10-14)17-7-3-5-15(11-17)12-20-19(21)18-8-9-24(22,23)13-18/h2-7,10-11,18H,8-9,12-13H2,1H3,(H,20,21). The van der Waals surface area contributed by atoms with E-state index in [9.17, 15) is 13.2 Å². The smallest absolute Gasteiger partial charge is 0.224 e. The van der Waals surface area contributed by atoms with Gasteiger partial charge in [0.2, 0.25) is 5.91 Å². The molecule has 0 bridgehead atoms. The SMILES string of the molecule is Cc1cccc(-c2cccc(CNC(=O)C3CCS(=O)(=O)C3)c2)c1. The minimum atomic E-state index is -3.03. The molecule has 2 aromatic rings. The number of carbonyl (C=O) groups excluding carboxylic acids is 1. The molecule has 0 spiro atoms. The Morgan fingerprint density at radius 3 is 2.50 bits per heavy atom. The Morgan fingerprint density at radius 1 is 1.12 bits per heavy atom. The summed E-state index contributed by atoms with van der Waals surface area (Å²) >= 11 is 0. The van der Waals surface area contributed by atoms with Gasteiger partial charge in [-0.3, -0.25) is 4.79 Å². The highest BCUT2D eigenvalue weighted by atomic mass is 32.2.